The summed E-state index contributed by atoms with van der Waals surface area (Å²) in [5, 5.41) is 8.72. The Morgan fingerprint density at radius 3 is 3.00 bits per heavy atom. The molecule has 0 heterocycles. The average Bonchev–Trinajstić information content (AvgIpc) is 2.04. The van der Waals surface area contributed by atoms with E-state index in [1.165, 1.54) is 5.57 Å². The zero-order chi connectivity index (χ0) is 8.27. The van der Waals surface area contributed by atoms with E-state index in [0.29, 0.717) is 5.92 Å². The van der Waals surface area contributed by atoms with Crippen LogP contribution >= 0.6 is 0 Å². The number of hydrogen-bond acceptors (Lipinski definition) is 1. The first kappa shape index (κ1) is 8.07. The first-order chi connectivity index (χ1) is 5.27. The first-order valence-corrected chi connectivity index (χ1v) is 4.09. The van der Waals surface area contributed by atoms with Crippen LogP contribution in [0.3, 0.4) is 0 Å². The predicted molar refractivity (Wildman–Crippen MR) is 45.9 cm³/mol. The van der Waals surface area contributed by atoms with Gasteiger partial charge in [-0.15, -0.1) is 0 Å². The lowest BCUT2D eigenvalue weighted by molar-refractivity contribution is 0.719. The van der Waals surface area contributed by atoms with Crippen LogP contribution in [-0.4, -0.2) is 0 Å². The van der Waals surface area contributed by atoms with Crippen molar-refractivity contribution in [3.05, 3.63) is 23.3 Å². The average molecular weight is 147 g/mol. The maximum Gasteiger partial charge on any atom is 0.0991 e. The van der Waals surface area contributed by atoms with E-state index in [0.717, 1.165) is 18.4 Å². The van der Waals surface area contributed by atoms with Gasteiger partial charge in [0.15, 0.2) is 0 Å². The topological polar surface area (TPSA) is 23.8 Å². The van der Waals surface area contributed by atoms with Crippen LogP contribution < -0.4 is 0 Å². The van der Waals surface area contributed by atoms with E-state index < -0.39 is 0 Å². The minimum atomic E-state index is 0.613. The van der Waals surface area contributed by atoms with Gasteiger partial charge in [-0.05, 0) is 24.3 Å². The van der Waals surface area contributed by atoms with Gasteiger partial charge in [0, 0.05) is 0 Å². The van der Waals surface area contributed by atoms with Crippen LogP contribution in [0.2, 0.25) is 0 Å². The number of nitrogens with zero attached hydrogens (tertiary/aromatic N) is 1. The van der Waals surface area contributed by atoms with Crippen molar-refractivity contribution in [1.82, 2.24) is 0 Å². The molecule has 58 valence electrons. The molecule has 1 aliphatic rings. The van der Waals surface area contributed by atoms with E-state index in [-0.39, 0.29) is 0 Å². The van der Waals surface area contributed by atoms with Gasteiger partial charge in [0.05, 0.1) is 11.6 Å². The number of nitriles is 1. The first-order valence-electron chi connectivity index (χ1n) is 4.09. The Balaban J connectivity index is 2.85. The van der Waals surface area contributed by atoms with Crippen LogP contribution in [0, 0.1) is 17.2 Å². The lowest BCUT2D eigenvalue weighted by Crippen LogP contribution is -1.99. The lowest BCUT2D eigenvalue weighted by Gasteiger charge is -2.13. The Labute approximate surface area is 68.0 Å². The monoisotopic (exact) mass is 147 g/mol. The van der Waals surface area contributed by atoms with Crippen molar-refractivity contribution in [2.75, 3.05) is 0 Å². The minimum absolute atomic E-state index is 0.613. The Kier molecular flexibility index (Phi) is 2.48. The molecule has 0 fully saturated rings. The second kappa shape index (κ2) is 3.39. The molecule has 0 saturated heterocycles. The molecule has 0 bridgehead atoms. The largest absolute Gasteiger partial charge is 0.192 e. The van der Waals surface area contributed by atoms with Crippen molar-refractivity contribution in [3.63, 3.8) is 0 Å². The number of allylic oxidation sites excluding steroid dienone is 4. The summed E-state index contributed by atoms with van der Waals surface area (Å²) >= 11 is 0. The van der Waals surface area contributed by atoms with Gasteiger partial charge in [0.2, 0.25) is 0 Å². The van der Waals surface area contributed by atoms with E-state index in [2.05, 4.69) is 26.0 Å². The number of hydrogen-bond donors (Lipinski definition) is 0. The molecule has 0 spiro atoms. The molecule has 0 aromatic rings. The van der Waals surface area contributed by atoms with Gasteiger partial charge >= 0.3 is 0 Å². The van der Waals surface area contributed by atoms with E-state index in [9.17, 15) is 0 Å². The molecular weight excluding hydrogens is 134 g/mol. The fourth-order valence-corrected chi connectivity index (χ4v) is 1.36. The van der Waals surface area contributed by atoms with Crippen LogP contribution in [0.15, 0.2) is 23.3 Å². The highest BCUT2D eigenvalue weighted by Crippen LogP contribution is 2.23. The van der Waals surface area contributed by atoms with Gasteiger partial charge in [0.1, 0.15) is 0 Å². The molecule has 0 amide bonds. The van der Waals surface area contributed by atoms with Gasteiger partial charge in [-0.1, -0.05) is 26.0 Å². The van der Waals surface area contributed by atoms with Crippen LogP contribution in [0.1, 0.15) is 26.7 Å². The summed E-state index contributed by atoms with van der Waals surface area (Å²) in [4.78, 5) is 0. The standard InChI is InChI=1S/C10H13N/c1-3-9-6-8(2)4-5-10(9)7-11/h5-6,8H,3-4H2,1-2H3. The van der Waals surface area contributed by atoms with Crippen LogP contribution in [0.25, 0.3) is 0 Å². The SMILES string of the molecule is CCC1=CC(C)CC=C1C#N. The fraction of sp³-hybridized carbons (Fsp3) is 0.500. The smallest absolute Gasteiger partial charge is 0.0991 e. The highest BCUT2D eigenvalue weighted by molar-refractivity contribution is 5.43. The minimum Gasteiger partial charge on any atom is -0.192 e. The van der Waals surface area contributed by atoms with E-state index in [4.69, 9.17) is 5.26 Å². The van der Waals surface area contributed by atoms with Crippen molar-refractivity contribution < 1.29 is 0 Å². The Hall–Kier alpha value is -1.03. The molecule has 0 aliphatic heterocycles. The molecule has 1 rings (SSSR count). The van der Waals surface area contributed by atoms with Crippen LogP contribution in [-0.2, 0) is 0 Å². The van der Waals surface area contributed by atoms with Gasteiger partial charge in [0.25, 0.3) is 0 Å². The summed E-state index contributed by atoms with van der Waals surface area (Å²) in [5.41, 5.74) is 2.09. The highest BCUT2D eigenvalue weighted by atomic mass is 14.3. The predicted octanol–water partition coefficient (Wildman–Crippen LogP) is 2.81. The zero-order valence-electron chi connectivity index (χ0n) is 7.09. The number of rotatable bonds is 1. The van der Waals surface area contributed by atoms with Crippen LogP contribution in [0.4, 0.5) is 0 Å². The summed E-state index contributed by atoms with van der Waals surface area (Å²) in [6.07, 6.45) is 6.25. The van der Waals surface area contributed by atoms with E-state index in [1.54, 1.807) is 0 Å². The molecule has 1 atom stereocenters. The molecule has 0 aromatic carbocycles. The van der Waals surface area contributed by atoms with Gasteiger partial charge < -0.3 is 0 Å². The third-order valence-electron chi connectivity index (χ3n) is 2.03. The molecular formula is C10H13N. The van der Waals surface area contributed by atoms with Gasteiger partial charge in [-0.25, -0.2) is 0 Å². The second-order valence-electron chi connectivity index (χ2n) is 2.99. The maximum atomic E-state index is 8.72. The van der Waals surface area contributed by atoms with Gasteiger partial charge in [-0.2, -0.15) is 5.26 Å². The third kappa shape index (κ3) is 1.71. The van der Waals surface area contributed by atoms with Crippen molar-refractivity contribution in [2.24, 2.45) is 5.92 Å². The van der Waals surface area contributed by atoms with Crippen molar-refractivity contribution in [3.8, 4) is 6.07 Å². The van der Waals surface area contributed by atoms with Crippen molar-refractivity contribution in [2.45, 2.75) is 26.7 Å². The normalized spacial score (nSPS) is 23.5. The molecule has 0 N–H and O–H groups in total. The molecule has 0 radical (unpaired) electrons. The van der Waals surface area contributed by atoms with Crippen LogP contribution in [0.5, 0.6) is 0 Å². The molecule has 1 nitrogen and oxygen atoms in total. The molecule has 0 aromatic heterocycles. The van der Waals surface area contributed by atoms with Gasteiger partial charge in [-0.3, -0.25) is 0 Å². The second-order valence-corrected chi connectivity index (χ2v) is 2.99. The molecule has 1 unspecified atom stereocenters. The summed E-state index contributed by atoms with van der Waals surface area (Å²) in [6.45, 7) is 4.27. The molecule has 1 heteroatoms. The quantitative estimate of drug-likeness (QED) is 0.559. The van der Waals surface area contributed by atoms with E-state index in [1.807, 2.05) is 6.08 Å². The summed E-state index contributed by atoms with van der Waals surface area (Å²) in [7, 11) is 0. The molecule has 1 aliphatic carbocycles. The molecule has 0 saturated carbocycles. The van der Waals surface area contributed by atoms with Crippen molar-refractivity contribution >= 4 is 0 Å². The maximum absolute atomic E-state index is 8.72. The summed E-state index contributed by atoms with van der Waals surface area (Å²) in [5.74, 6) is 0.613. The summed E-state index contributed by atoms with van der Waals surface area (Å²) < 4.78 is 0. The Morgan fingerprint density at radius 2 is 2.45 bits per heavy atom. The lowest BCUT2D eigenvalue weighted by atomic mass is 9.91. The van der Waals surface area contributed by atoms with E-state index >= 15 is 0 Å². The molecule has 11 heavy (non-hydrogen) atoms. The Bertz CT molecular complexity index is 240. The highest BCUT2D eigenvalue weighted by Gasteiger charge is 2.09. The Morgan fingerprint density at radius 1 is 1.73 bits per heavy atom. The summed E-state index contributed by atoms with van der Waals surface area (Å²) in [6, 6.07) is 2.22. The zero-order valence-corrected chi connectivity index (χ0v) is 7.09. The fourth-order valence-electron chi connectivity index (χ4n) is 1.36. The van der Waals surface area contributed by atoms with Crippen molar-refractivity contribution in [1.29, 1.82) is 5.26 Å². The third-order valence-corrected chi connectivity index (χ3v) is 2.03.